The van der Waals surface area contributed by atoms with Gasteiger partial charge in [-0.2, -0.15) is 0 Å². The van der Waals surface area contributed by atoms with Crippen LogP contribution in [0.25, 0.3) is 17.4 Å². The number of furan rings is 1. The first-order valence-corrected chi connectivity index (χ1v) is 10.5. The lowest BCUT2D eigenvalue weighted by Crippen LogP contribution is -2.27. The first-order valence-electron chi connectivity index (χ1n) is 9.26. The molecule has 0 aliphatic carbocycles. The van der Waals surface area contributed by atoms with Crippen LogP contribution >= 0.6 is 24.0 Å². The molecule has 1 saturated heterocycles. The maximum absolute atomic E-state index is 12.9. The number of carboxylic acid groups (broad SMARTS) is 1. The Morgan fingerprint density at radius 1 is 1.16 bits per heavy atom. The maximum Gasteiger partial charge on any atom is 0.307 e. The quantitative estimate of drug-likeness (QED) is 0.236. The summed E-state index contributed by atoms with van der Waals surface area (Å²) in [5.74, 6) is -0.608. The molecule has 2 heterocycles. The van der Waals surface area contributed by atoms with Crippen molar-refractivity contribution in [2.24, 2.45) is 0 Å². The van der Waals surface area contributed by atoms with E-state index < -0.39 is 10.9 Å². The molecule has 0 unspecified atom stereocenters. The van der Waals surface area contributed by atoms with E-state index in [2.05, 4.69) is 0 Å². The van der Waals surface area contributed by atoms with Gasteiger partial charge in [0, 0.05) is 12.1 Å². The van der Waals surface area contributed by atoms with Gasteiger partial charge in [0.25, 0.3) is 11.6 Å². The molecule has 1 fully saturated rings. The molecule has 0 spiro atoms. The minimum Gasteiger partial charge on any atom is -0.481 e. The number of para-hydroxylation sites is 1. The minimum atomic E-state index is -0.940. The molecule has 3 aromatic rings. The summed E-state index contributed by atoms with van der Waals surface area (Å²) in [4.78, 5) is 36.2. The van der Waals surface area contributed by atoms with E-state index >= 15 is 0 Å². The first-order chi connectivity index (χ1) is 15.3. The van der Waals surface area contributed by atoms with Gasteiger partial charge >= 0.3 is 5.97 Å². The number of thiocarbonyl (C=S) groups is 1. The number of anilines is 1. The summed E-state index contributed by atoms with van der Waals surface area (Å²) in [5.41, 5.74) is 1.41. The molecule has 32 heavy (non-hydrogen) atoms. The molecule has 0 atom stereocenters. The largest absolute Gasteiger partial charge is 0.481 e. The second-order valence-electron chi connectivity index (χ2n) is 6.73. The fourth-order valence-electron chi connectivity index (χ4n) is 3.17. The van der Waals surface area contributed by atoms with Gasteiger partial charge in [0.05, 0.1) is 27.5 Å². The second-order valence-corrected chi connectivity index (χ2v) is 8.41. The molecule has 160 valence electrons. The standard InChI is InChI=1S/C22H14N2O6S2/c25-20(26)11-13-5-7-14(8-6-13)23-21(27)19(32-22(23)31)12-15-9-10-18(30-15)16-3-1-2-4-17(16)24(28)29/h1-10,12H,11H2,(H,25,26)/b19-12+. The van der Waals surface area contributed by atoms with Gasteiger partial charge in [0.1, 0.15) is 11.5 Å². The van der Waals surface area contributed by atoms with Crippen LogP contribution in [0.5, 0.6) is 0 Å². The first kappa shape index (κ1) is 21.5. The van der Waals surface area contributed by atoms with Crippen LogP contribution in [0.3, 0.4) is 0 Å². The molecule has 2 aromatic carbocycles. The van der Waals surface area contributed by atoms with Gasteiger partial charge in [0.2, 0.25) is 0 Å². The molecule has 1 N–H and O–H groups in total. The number of carbonyl (C=O) groups excluding carboxylic acids is 1. The SMILES string of the molecule is O=C(O)Cc1ccc(N2C(=O)/C(=C\c3ccc(-c4ccccc4[N+](=O)[O-])o3)SC2=S)cc1. The molecular formula is C22H14N2O6S2. The maximum atomic E-state index is 12.9. The van der Waals surface area contributed by atoms with Crippen molar-refractivity contribution in [3.8, 4) is 11.3 Å². The van der Waals surface area contributed by atoms with Gasteiger partial charge in [-0.05, 0) is 35.9 Å². The minimum absolute atomic E-state index is 0.0777. The molecule has 1 aliphatic rings. The Bertz CT molecular complexity index is 1280. The number of benzene rings is 2. The van der Waals surface area contributed by atoms with E-state index in [9.17, 15) is 19.7 Å². The number of amides is 1. The Balaban J connectivity index is 1.58. The number of carboxylic acids is 1. The Morgan fingerprint density at radius 2 is 1.88 bits per heavy atom. The van der Waals surface area contributed by atoms with E-state index in [0.717, 1.165) is 11.8 Å². The topological polar surface area (TPSA) is 114 Å². The Hall–Kier alpha value is -3.76. The summed E-state index contributed by atoms with van der Waals surface area (Å²) in [5, 5.41) is 20.1. The lowest BCUT2D eigenvalue weighted by Gasteiger charge is -2.14. The molecule has 0 bridgehead atoms. The van der Waals surface area contributed by atoms with E-state index in [4.69, 9.17) is 21.7 Å². The van der Waals surface area contributed by atoms with Crippen LogP contribution in [0.4, 0.5) is 11.4 Å². The van der Waals surface area contributed by atoms with Crippen LogP contribution in [0.1, 0.15) is 11.3 Å². The predicted molar refractivity (Wildman–Crippen MR) is 124 cm³/mol. The smallest absolute Gasteiger partial charge is 0.307 e. The van der Waals surface area contributed by atoms with Crippen LogP contribution in [-0.2, 0) is 16.0 Å². The predicted octanol–water partition coefficient (Wildman–Crippen LogP) is 4.89. The van der Waals surface area contributed by atoms with Crippen molar-refractivity contribution in [2.75, 3.05) is 4.90 Å². The van der Waals surface area contributed by atoms with Crippen molar-refractivity contribution in [1.29, 1.82) is 0 Å². The summed E-state index contributed by atoms with van der Waals surface area (Å²) in [7, 11) is 0. The van der Waals surface area contributed by atoms with Crippen molar-refractivity contribution < 1.29 is 24.0 Å². The lowest BCUT2D eigenvalue weighted by atomic mass is 10.1. The van der Waals surface area contributed by atoms with Crippen molar-refractivity contribution in [3.05, 3.63) is 87.0 Å². The normalized spacial score (nSPS) is 14.9. The molecule has 4 rings (SSSR count). The Morgan fingerprint density at radius 3 is 2.56 bits per heavy atom. The number of hydrogen-bond acceptors (Lipinski definition) is 7. The second kappa shape index (κ2) is 8.77. The summed E-state index contributed by atoms with van der Waals surface area (Å²) >= 11 is 6.46. The van der Waals surface area contributed by atoms with Crippen LogP contribution < -0.4 is 4.90 Å². The fraction of sp³-hybridized carbons (Fsp3) is 0.0455. The van der Waals surface area contributed by atoms with Gasteiger partial charge < -0.3 is 9.52 Å². The van der Waals surface area contributed by atoms with Gasteiger partial charge in [-0.25, -0.2) is 0 Å². The van der Waals surface area contributed by atoms with Crippen molar-refractivity contribution >= 4 is 57.6 Å². The summed E-state index contributed by atoms with van der Waals surface area (Å²) in [6, 6.07) is 16.0. The third kappa shape index (κ3) is 4.32. The molecule has 0 saturated carbocycles. The monoisotopic (exact) mass is 466 g/mol. The summed E-state index contributed by atoms with van der Waals surface area (Å²) in [6.07, 6.45) is 1.43. The fourth-order valence-corrected chi connectivity index (χ4v) is 4.45. The Labute approximate surface area is 191 Å². The van der Waals surface area contributed by atoms with Crippen LogP contribution in [0.15, 0.2) is 70.0 Å². The summed E-state index contributed by atoms with van der Waals surface area (Å²) < 4.78 is 6.07. The van der Waals surface area contributed by atoms with Crippen molar-refractivity contribution in [2.45, 2.75) is 6.42 Å². The van der Waals surface area contributed by atoms with Crippen molar-refractivity contribution in [1.82, 2.24) is 0 Å². The van der Waals surface area contributed by atoms with E-state index in [0.29, 0.717) is 37.6 Å². The lowest BCUT2D eigenvalue weighted by molar-refractivity contribution is -0.384. The molecule has 1 amide bonds. The van der Waals surface area contributed by atoms with Crippen LogP contribution in [-0.4, -0.2) is 26.2 Å². The highest BCUT2D eigenvalue weighted by atomic mass is 32.2. The molecule has 1 aliphatic heterocycles. The zero-order valence-corrected chi connectivity index (χ0v) is 17.9. The number of nitro benzene ring substituents is 1. The highest BCUT2D eigenvalue weighted by Gasteiger charge is 2.33. The molecule has 8 nitrogen and oxygen atoms in total. The third-order valence-electron chi connectivity index (χ3n) is 4.61. The number of nitro groups is 1. The number of aliphatic carboxylic acids is 1. The number of thioether (sulfide) groups is 1. The average molecular weight is 466 g/mol. The van der Waals surface area contributed by atoms with E-state index in [1.807, 2.05) is 0 Å². The van der Waals surface area contributed by atoms with E-state index in [1.54, 1.807) is 54.6 Å². The van der Waals surface area contributed by atoms with Crippen molar-refractivity contribution in [3.63, 3.8) is 0 Å². The zero-order valence-electron chi connectivity index (χ0n) is 16.3. The highest BCUT2D eigenvalue weighted by Crippen LogP contribution is 2.37. The van der Waals surface area contributed by atoms with Crippen LogP contribution in [0.2, 0.25) is 0 Å². The number of hydrogen-bond donors (Lipinski definition) is 1. The highest BCUT2D eigenvalue weighted by molar-refractivity contribution is 8.27. The molecule has 0 radical (unpaired) electrons. The molecular weight excluding hydrogens is 452 g/mol. The zero-order chi connectivity index (χ0) is 22.8. The molecule has 10 heteroatoms. The van der Waals surface area contributed by atoms with Gasteiger partial charge in [-0.3, -0.25) is 24.6 Å². The third-order valence-corrected chi connectivity index (χ3v) is 5.91. The summed E-state index contributed by atoms with van der Waals surface area (Å²) in [6.45, 7) is 0. The van der Waals surface area contributed by atoms with Crippen LogP contribution in [0, 0.1) is 10.1 Å². The number of rotatable bonds is 6. The number of carbonyl (C=O) groups is 2. The van der Waals surface area contributed by atoms with E-state index in [-0.39, 0.29) is 18.0 Å². The Kier molecular flexibility index (Phi) is 5.89. The number of nitrogens with zero attached hydrogens (tertiary/aromatic N) is 2. The van der Waals surface area contributed by atoms with Gasteiger partial charge in [-0.15, -0.1) is 0 Å². The molecule has 1 aromatic heterocycles. The average Bonchev–Trinajstić information content (AvgIpc) is 3.33. The van der Waals surface area contributed by atoms with E-state index in [1.165, 1.54) is 17.0 Å². The van der Waals surface area contributed by atoms with Gasteiger partial charge in [-0.1, -0.05) is 48.2 Å². The van der Waals surface area contributed by atoms with Gasteiger partial charge in [0.15, 0.2) is 4.32 Å².